The maximum absolute atomic E-state index is 13.4. The van der Waals surface area contributed by atoms with Crippen LogP contribution in [0.4, 0.5) is 5.69 Å². The van der Waals surface area contributed by atoms with Crippen molar-refractivity contribution in [2.45, 2.75) is 72.5 Å². The second-order valence-corrected chi connectivity index (χ2v) is 12.1. The summed E-state index contributed by atoms with van der Waals surface area (Å²) in [4.78, 5) is 27.8. The average Bonchev–Trinajstić information content (AvgIpc) is 2.82. The minimum atomic E-state index is -3.56. The number of nitrogens with zero attached hydrogens (tertiary/aromatic N) is 2. The van der Waals surface area contributed by atoms with Crippen LogP contribution in [-0.2, 0) is 26.2 Å². The number of anilines is 1. The molecular formula is C27H37Cl2N3O4S. The normalized spacial score (nSPS) is 13.1. The second kappa shape index (κ2) is 13.5. The Balaban J connectivity index is 2.25. The van der Waals surface area contributed by atoms with Crippen LogP contribution in [0.15, 0.2) is 36.4 Å². The van der Waals surface area contributed by atoms with E-state index in [2.05, 4.69) is 5.32 Å². The molecule has 2 atom stereocenters. The van der Waals surface area contributed by atoms with Crippen molar-refractivity contribution < 1.29 is 18.0 Å². The van der Waals surface area contributed by atoms with E-state index in [0.717, 1.165) is 23.8 Å². The van der Waals surface area contributed by atoms with E-state index >= 15 is 0 Å². The van der Waals surface area contributed by atoms with Gasteiger partial charge in [-0.25, -0.2) is 8.42 Å². The van der Waals surface area contributed by atoms with Gasteiger partial charge in [0, 0.05) is 41.2 Å². The van der Waals surface area contributed by atoms with Gasteiger partial charge in [0.05, 0.1) is 11.9 Å². The predicted octanol–water partition coefficient (Wildman–Crippen LogP) is 5.49. The Morgan fingerprint density at radius 1 is 1.03 bits per heavy atom. The third kappa shape index (κ3) is 8.62. The van der Waals surface area contributed by atoms with Crippen molar-refractivity contribution in [3.05, 3.63) is 63.1 Å². The molecule has 2 aromatic rings. The zero-order chi connectivity index (χ0) is 27.9. The Morgan fingerprint density at radius 3 is 2.19 bits per heavy atom. The molecule has 1 N–H and O–H groups in total. The molecule has 0 saturated carbocycles. The number of aryl methyl sites for hydroxylation is 2. The molecule has 2 aromatic carbocycles. The molecule has 0 radical (unpaired) electrons. The molecule has 0 bridgehead atoms. The van der Waals surface area contributed by atoms with Crippen molar-refractivity contribution in [2.75, 3.05) is 17.1 Å². The Hall–Kier alpha value is -2.29. The van der Waals surface area contributed by atoms with Gasteiger partial charge in [-0.2, -0.15) is 0 Å². The zero-order valence-electron chi connectivity index (χ0n) is 22.3. The lowest BCUT2D eigenvalue weighted by Gasteiger charge is -2.30. The minimum absolute atomic E-state index is 0.0416. The molecule has 0 aliphatic heterocycles. The molecule has 7 nitrogen and oxygen atoms in total. The molecule has 2 amide bonds. The predicted molar refractivity (Wildman–Crippen MR) is 152 cm³/mol. The number of hydrogen-bond donors (Lipinski definition) is 1. The largest absolute Gasteiger partial charge is 0.352 e. The van der Waals surface area contributed by atoms with Gasteiger partial charge in [-0.1, -0.05) is 42.3 Å². The van der Waals surface area contributed by atoms with E-state index in [1.54, 1.807) is 31.2 Å². The molecule has 0 saturated heterocycles. The fourth-order valence-corrected chi connectivity index (χ4v) is 5.26. The molecule has 0 aliphatic carbocycles. The van der Waals surface area contributed by atoms with Crippen LogP contribution in [0.5, 0.6) is 0 Å². The number of nitrogens with one attached hydrogen (secondary N) is 1. The number of halogens is 2. The van der Waals surface area contributed by atoms with Gasteiger partial charge in [-0.3, -0.25) is 13.9 Å². The number of benzene rings is 2. The Morgan fingerprint density at radius 2 is 1.65 bits per heavy atom. The quantitative estimate of drug-likeness (QED) is 0.366. The first-order chi connectivity index (χ1) is 17.3. The SMILES string of the molecule is CC[C@@H](C)NC(=O)[C@@H](C)N(Cc1c(Cl)cccc1Cl)C(=O)CCCN(c1ccc(C)c(C)c1)S(C)(=O)=O. The Labute approximate surface area is 231 Å². The highest BCUT2D eigenvalue weighted by molar-refractivity contribution is 7.92. The first-order valence-corrected chi connectivity index (χ1v) is 14.9. The maximum atomic E-state index is 13.4. The third-order valence-electron chi connectivity index (χ3n) is 6.49. The average molecular weight is 571 g/mol. The van der Waals surface area contributed by atoms with E-state index in [4.69, 9.17) is 23.2 Å². The number of carbonyl (C=O) groups is 2. The smallest absolute Gasteiger partial charge is 0.242 e. The van der Waals surface area contributed by atoms with Crippen LogP contribution < -0.4 is 9.62 Å². The number of rotatable bonds is 12. The number of carbonyl (C=O) groups excluding carboxylic acids is 2. The topological polar surface area (TPSA) is 86.8 Å². The van der Waals surface area contributed by atoms with E-state index in [1.165, 1.54) is 9.21 Å². The van der Waals surface area contributed by atoms with Gasteiger partial charge >= 0.3 is 0 Å². The van der Waals surface area contributed by atoms with Crippen LogP contribution in [0.3, 0.4) is 0 Å². The third-order valence-corrected chi connectivity index (χ3v) is 8.39. The maximum Gasteiger partial charge on any atom is 0.242 e. The highest BCUT2D eigenvalue weighted by atomic mass is 35.5. The molecule has 10 heteroatoms. The Bertz CT molecular complexity index is 1200. The van der Waals surface area contributed by atoms with Gasteiger partial charge in [0.1, 0.15) is 6.04 Å². The molecule has 0 heterocycles. The lowest BCUT2D eigenvalue weighted by atomic mass is 10.1. The summed E-state index contributed by atoms with van der Waals surface area (Å²) in [5.74, 6) is -0.574. The summed E-state index contributed by atoms with van der Waals surface area (Å²) in [5.41, 5.74) is 3.14. The highest BCUT2D eigenvalue weighted by Gasteiger charge is 2.28. The molecule has 204 valence electrons. The fourth-order valence-electron chi connectivity index (χ4n) is 3.79. The summed E-state index contributed by atoms with van der Waals surface area (Å²) >= 11 is 12.7. The van der Waals surface area contributed by atoms with E-state index in [1.807, 2.05) is 39.8 Å². The monoisotopic (exact) mass is 569 g/mol. The van der Waals surface area contributed by atoms with Gasteiger partial charge in [0.25, 0.3) is 0 Å². The lowest BCUT2D eigenvalue weighted by Crippen LogP contribution is -2.49. The molecule has 2 rings (SSSR count). The van der Waals surface area contributed by atoms with Gasteiger partial charge < -0.3 is 10.2 Å². The lowest BCUT2D eigenvalue weighted by molar-refractivity contribution is -0.140. The van der Waals surface area contributed by atoms with E-state index < -0.39 is 16.1 Å². The second-order valence-electron chi connectivity index (χ2n) is 9.42. The van der Waals surface area contributed by atoms with Crippen molar-refractivity contribution in [3.63, 3.8) is 0 Å². The van der Waals surface area contributed by atoms with E-state index in [9.17, 15) is 18.0 Å². The minimum Gasteiger partial charge on any atom is -0.352 e. The van der Waals surface area contributed by atoms with E-state index in [-0.39, 0.29) is 43.8 Å². The van der Waals surface area contributed by atoms with Crippen molar-refractivity contribution in [1.29, 1.82) is 0 Å². The summed E-state index contributed by atoms with van der Waals surface area (Å²) in [6.07, 6.45) is 2.21. The number of hydrogen-bond acceptors (Lipinski definition) is 4. The summed E-state index contributed by atoms with van der Waals surface area (Å²) in [7, 11) is -3.56. The van der Waals surface area contributed by atoms with Crippen LogP contribution in [0.2, 0.25) is 10.0 Å². The molecule has 0 fully saturated rings. The number of sulfonamides is 1. The van der Waals surface area contributed by atoms with Crippen molar-refractivity contribution in [1.82, 2.24) is 10.2 Å². The van der Waals surface area contributed by atoms with Crippen molar-refractivity contribution in [3.8, 4) is 0 Å². The van der Waals surface area contributed by atoms with Gasteiger partial charge in [0.2, 0.25) is 21.8 Å². The van der Waals surface area contributed by atoms with Crippen molar-refractivity contribution in [2.24, 2.45) is 0 Å². The van der Waals surface area contributed by atoms with Gasteiger partial charge in [-0.15, -0.1) is 0 Å². The van der Waals surface area contributed by atoms with Crippen LogP contribution in [-0.4, -0.2) is 50.0 Å². The fraction of sp³-hybridized carbons (Fsp3) is 0.481. The molecule has 37 heavy (non-hydrogen) atoms. The van der Waals surface area contributed by atoms with Crippen LogP contribution in [0.1, 0.15) is 56.7 Å². The number of amides is 2. The van der Waals surface area contributed by atoms with E-state index in [0.29, 0.717) is 21.3 Å². The summed E-state index contributed by atoms with van der Waals surface area (Å²) in [6, 6.07) is 9.72. The van der Waals surface area contributed by atoms with Crippen LogP contribution in [0, 0.1) is 13.8 Å². The zero-order valence-corrected chi connectivity index (χ0v) is 24.7. The molecule has 0 aromatic heterocycles. The first-order valence-electron chi connectivity index (χ1n) is 12.3. The molecule has 0 aliphatic rings. The standard InChI is InChI=1S/C27H37Cl2N3O4S/c1-7-20(4)30-27(34)21(5)31(17-23-24(28)10-8-11-25(23)29)26(33)12-9-15-32(37(6,35)36)22-14-13-18(2)19(3)16-22/h8,10-11,13-14,16,20-21H,7,9,12,15,17H2,1-6H3,(H,30,34)/t20-,21-/m1/s1. The van der Waals surface area contributed by atoms with Crippen LogP contribution in [0.25, 0.3) is 0 Å². The molecular weight excluding hydrogens is 533 g/mol. The molecule has 0 spiro atoms. The van der Waals surface area contributed by atoms with Gasteiger partial charge in [-0.05, 0) is 75.9 Å². The summed E-state index contributed by atoms with van der Waals surface area (Å²) in [5, 5.41) is 3.72. The Kier molecular flexibility index (Phi) is 11.3. The summed E-state index contributed by atoms with van der Waals surface area (Å²) < 4.78 is 26.4. The van der Waals surface area contributed by atoms with Crippen LogP contribution >= 0.6 is 23.2 Å². The van der Waals surface area contributed by atoms with Gasteiger partial charge in [0.15, 0.2) is 0 Å². The first kappa shape index (κ1) is 30.9. The molecule has 0 unspecified atom stereocenters. The highest BCUT2D eigenvalue weighted by Crippen LogP contribution is 2.27. The van der Waals surface area contributed by atoms with Crippen molar-refractivity contribution >= 4 is 50.7 Å². The summed E-state index contributed by atoms with van der Waals surface area (Å²) in [6.45, 7) is 9.59.